The molecule has 21 heavy (non-hydrogen) atoms. The van der Waals surface area contributed by atoms with Crippen LogP contribution in [0.5, 0.6) is 0 Å². The molecule has 2 N–H and O–H groups in total. The summed E-state index contributed by atoms with van der Waals surface area (Å²) in [6, 6.07) is 10.9. The summed E-state index contributed by atoms with van der Waals surface area (Å²) in [5.41, 5.74) is 7.21. The smallest absolute Gasteiger partial charge is 0.226 e. The Bertz CT molecular complexity index is 487. The summed E-state index contributed by atoms with van der Waals surface area (Å²) in [5, 5.41) is 0. The molecule has 1 saturated carbocycles. The highest BCUT2D eigenvalue weighted by Gasteiger charge is 2.40. The first kappa shape index (κ1) is 14.6. The van der Waals surface area contributed by atoms with Gasteiger partial charge >= 0.3 is 0 Å². The average Bonchev–Trinajstić information content (AvgIpc) is 3.13. The summed E-state index contributed by atoms with van der Waals surface area (Å²) in [5.74, 6) is 1.42. The Balaban J connectivity index is 1.70. The molecule has 114 valence electrons. The van der Waals surface area contributed by atoms with Crippen LogP contribution in [0.2, 0.25) is 0 Å². The molecule has 2 unspecified atom stereocenters. The molecule has 1 aliphatic carbocycles. The van der Waals surface area contributed by atoms with Crippen LogP contribution in [0, 0.1) is 11.8 Å². The van der Waals surface area contributed by atoms with Gasteiger partial charge in [-0.05, 0) is 44.2 Å². The van der Waals surface area contributed by atoms with Crippen LogP contribution in [0.25, 0.3) is 0 Å². The van der Waals surface area contributed by atoms with E-state index in [-0.39, 0.29) is 5.92 Å². The first-order valence-corrected chi connectivity index (χ1v) is 8.26. The molecule has 2 aliphatic rings. The van der Waals surface area contributed by atoms with Crippen molar-refractivity contribution >= 4 is 5.91 Å². The zero-order valence-electron chi connectivity index (χ0n) is 12.9. The van der Waals surface area contributed by atoms with E-state index < -0.39 is 0 Å². The summed E-state index contributed by atoms with van der Waals surface area (Å²) in [4.78, 5) is 15.0. The molecule has 1 aromatic rings. The lowest BCUT2D eigenvalue weighted by atomic mass is 9.94. The van der Waals surface area contributed by atoms with Gasteiger partial charge in [0.2, 0.25) is 5.91 Å². The van der Waals surface area contributed by atoms with E-state index in [4.69, 9.17) is 5.73 Å². The van der Waals surface area contributed by atoms with Crippen molar-refractivity contribution < 1.29 is 4.79 Å². The van der Waals surface area contributed by atoms with Gasteiger partial charge in [-0.1, -0.05) is 36.8 Å². The molecule has 3 heteroatoms. The van der Waals surface area contributed by atoms with Crippen molar-refractivity contribution in [1.82, 2.24) is 4.90 Å². The van der Waals surface area contributed by atoms with Gasteiger partial charge in [-0.15, -0.1) is 0 Å². The number of likely N-dealkylation sites (tertiary alicyclic amines) is 1. The van der Waals surface area contributed by atoms with Crippen LogP contribution in [0.1, 0.15) is 44.1 Å². The number of carbonyl (C=O) groups excluding carboxylic acids is 1. The topological polar surface area (TPSA) is 46.3 Å². The van der Waals surface area contributed by atoms with Gasteiger partial charge in [-0.2, -0.15) is 0 Å². The summed E-state index contributed by atoms with van der Waals surface area (Å²) < 4.78 is 0. The van der Waals surface area contributed by atoms with Crippen molar-refractivity contribution in [2.45, 2.75) is 44.6 Å². The maximum absolute atomic E-state index is 12.9. The lowest BCUT2D eigenvalue weighted by molar-refractivity contribution is -0.137. The molecular weight excluding hydrogens is 260 g/mol. The van der Waals surface area contributed by atoms with Crippen LogP contribution in [0.15, 0.2) is 30.3 Å². The highest BCUT2D eigenvalue weighted by atomic mass is 16.2. The van der Waals surface area contributed by atoms with Gasteiger partial charge < -0.3 is 10.6 Å². The van der Waals surface area contributed by atoms with Crippen molar-refractivity contribution in [3.63, 3.8) is 0 Å². The molecule has 1 heterocycles. The van der Waals surface area contributed by atoms with Crippen LogP contribution >= 0.6 is 0 Å². The van der Waals surface area contributed by atoms with Crippen LogP contribution in [-0.4, -0.2) is 29.9 Å². The van der Waals surface area contributed by atoms with Gasteiger partial charge in [0.05, 0.1) is 0 Å². The number of amides is 1. The Morgan fingerprint density at radius 3 is 2.76 bits per heavy atom. The molecule has 1 aromatic carbocycles. The predicted octanol–water partition coefficient (Wildman–Crippen LogP) is 2.77. The van der Waals surface area contributed by atoms with Crippen LogP contribution in [-0.2, 0) is 4.79 Å². The molecule has 3 rings (SSSR count). The molecule has 2 fully saturated rings. The second-order valence-electron chi connectivity index (χ2n) is 6.72. The number of nitrogens with two attached hydrogens (primary N) is 1. The average molecular weight is 286 g/mol. The van der Waals surface area contributed by atoms with E-state index >= 15 is 0 Å². The second-order valence-corrected chi connectivity index (χ2v) is 6.72. The van der Waals surface area contributed by atoms with Crippen LogP contribution < -0.4 is 5.73 Å². The van der Waals surface area contributed by atoms with E-state index in [2.05, 4.69) is 42.2 Å². The maximum Gasteiger partial charge on any atom is 0.226 e. The maximum atomic E-state index is 12.9. The molecule has 4 atom stereocenters. The SMILES string of the molecule is CC1CC(c2ccccc2)CN1C(=O)[C@@H]1CCC[C@@H]1CN. The standard InChI is InChI=1S/C18H26N2O/c1-13-10-16(14-6-3-2-4-7-14)12-20(13)18(21)17-9-5-8-15(17)11-19/h2-4,6-7,13,15-17H,5,8-12,19H2,1H3/t13?,15-,16?,17-/m1/s1. The fourth-order valence-corrected chi connectivity index (χ4v) is 4.16. The molecular formula is C18H26N2O. The summed E-state index contributed by atoms with van der Waals surface area (Å²) >= 11 is 0. The number of hydrogen-bond donors (Lipinski definition) is 1. The number of carbonyl (C=O) groups is 1. The molecule has 1 saturated heterocycles. The molecule has 3 nitrogen and oxygen atoms in total. The number of benzene rings is 1. The molecule has 0 spiro atoms. The molecule has 1 amide bonds. The highest BCUT2D eigenvalue weighted by Crippen LogP contribution is 2.37. The fraction of sp³-hybridized carbons (Fsp3) is 0.611. The number of rotatable bonds is 3. The highest BCUT2D eigenvalue weighted by molar-refractivity contribution is 5.80. The first-order valence-electron chi connectivity index (χ1n) is 8.26. The Morgan fingerprint density at radius 1 is 1.29 bits per heavy atom. The van der Waals surface area contributed by atoms with Gasteiger partial charge in [-0.25, -0.2) is 0 Å². The zero-order chi connectivity index (χ0) is 14.8. The largest absolute Gasteiger partial charge is 0.339 e. The van der Waals surface area contributed by atoms with Crippen LogP contribution in [0.4, 0.5) is 0 Å². The Kier molecular flexibility index (Phi) is 4.29. The van der Waals surface area contributed by atoms with Crippen molar-refractivity contribution in [2.75, 3.05) is 13.1 Å². The van der Waals surface area contributed by atoms with E-state index in [0.717, 1.165) is 32.2 Å². The van der Waals surface area contributed by atoms with E-state index in [9.17, 15) is 4.79 Å². The van der Waals surface area contributed by atoms with Crippen molar-refractivity contribution in [1.29, 1.82) is 0 Å². The minimum absolute atomic E-state index is 0.173. The molecule has 0 radical (unpaired) electrons. The minimum Gasteiger partial charge on any atom is -0.339 e. The van der Waals surface area contributed by atoms with Gasteiger partial charge in [-0.3, -0.25) is 4.79 Å². The summed E-state index contributed by atoms with van der Waals surface area (Å²) in [7, 11) is 0. The van der Waals surface area contributed by atoms with Gasteiger partial charge in [0.15, 0.2) is 0 Å². The van der Waals surface area contributed by atoms with Crippen molar-refractivity contribution in [3.05, 3.63) is 35.9 Å². The third kappa shape index (κ3) is 2.84. The van der Waals surface area contributed by atoms with Crippen molar-refractivity contribution in [2.24, 2.45) is 17.6 Å². The van der Waals surface area contributed by atoms with Crippen molar-refractivity contribution in [3.8, 4) is 0 Å². The Labute approximate surface area is 127 Å². The lowest BCUT2D eigenvalue weighted by Crippen LogP contribution is -2.41. The normalized spacial score (nSPS) is 32.6. The monoisotopic (exact) mass is 286 g/mol. The minimum atomic E-state index is 0.173. The predicted molar refractivity (Wildman–Crippen MR) is 84.9 cm³/mol. The van der Waals surface area contributed by atoms with E-state index in [1.165, 1.54) is 5.56 Å². The van der Waals surface area contributed by atoms with E-state index in [1.54, 1.807) is 0 Å². The number of hydrogen-bond acceptors (Lipinski definition) is 2. The van der Waals surface area contributed by atoms with E-state index in [0.29, 0.717) is 30.3 Å². The third-order valence-electron chi connectivity index (χ3n) is 5.41. The van der Waals surface area contributed by atoms with Gasteiger partial charge in [0, 0.05) is 24.4 Å². The second kappa shape index (κ2) is 6.18. The molecule has 0 bridgehead atoms. The third-order valence-corrected chi connectivity index (χ3v) is 5.41. The van der Waals surface area contributed by atoms with E-state index in [1.807, 2.05) is 0 Å². The quantitative estimate of drug-likeness (QED) is 0.928. The molecule has 0 aromatic heterocycles. The van der Waals surface area contributed by atoms with Crippen LogP contribution in [0.3, 0.4) is 0 Å². The lowest BCUT2D eigenvalue weighted by Gasteiger charge is -2.27. The first-order chi connectivity index (χ1) is 10.2. The Morgan fingerprint density at radius 2 is 2.05 bits per heavy atom. The summed E-state index contributed by atoms with van der Waals surface area (Å²) in [6.07, 6.45) is 4.38. The fourth-order valence-electron chi connectivity index (χ4n) is 4.16. The zero-order valence-corrected chi connectivity index (χ0v) is 12.9. The number of nitrogens with zero attached hydrogens (tertiary/aromatic N) is 1. The summed E-state index contributed by atoms with van der Waals surface area (Å²) in [6.45, 7) is 3.71. The van der Waals surface area contributed by atoms with Gasteiger partial charge in [0.1, 0.15) is 0 Å². The Hall–Kier alpha value is -1.35. The van der Waals surface area contributed by atoms with Gasteiger partial charge in [0.25, 0.3) is 0 Å². The molecule has 1 aliphatic heterocycles.